The van der Waals surface area contributed by atoms with Gasteiger partial charge in [-0.1, -0.05) is 25.6 Å². The molecule has 0 aliphatic rings. The highest BCUT2D eigenvalue weighted by molar-refractivity contribution is 6.83. The molecule has 2 N–H and O–H groups in total. The minimum atomic E-state index is -1.51. The van der Waals surface area contributed by atoms with Gasteiger partial charge in [0.25, 0.3) is 5.56 Å². The molecule has 26 heavy (non-hydrogen) atoms. The zero-order valence-corrected chi connectivity index (χ0v) is 16.1. The van der Waals surface area contributed by atoms with E-state index >= 15 is 0 Å². The van der Waals surface area contributed by atoms with Gasteiger partial charge in [-0.25, -0.2) is 4.79 Å². The number of H-pyrrole nitrogens is 2. The average Bonchev–Trinajstić information content (AvgIpc) is 2.97. The molecule has 134 valence electrons. The molecule has 0 bridgehead atoms. The van der Waals surface area contributed by atoms with Gasteiger partial charge in [-0.2, -0.15) is 0 Å². The second-order valence-electron chi connectivity index (χ2n) is 6.90. The standard InChI is InChI=1S/C19H20N2O4Si/c1-5-24-19(23)25-15-11-20-17-16(15)13-10-12(8-9-26(2,3)4)6-7-14(13)21-18(17)22/h6-7,10-11,20H,5H2,1-4H3,(H,21,22). The lowest BCUT2D eigenvalue weighted by atomic mass is 10.1. The van der Waals surface area contributed by atoms with Gasteiger partial charge in [-0.3, -0.25) is 4.79 Å². The Morgan fingerprint density at radius 1 is 1.27 bits per heavy atom. The maximum atomic E-state index is 12.3. The first-order valence-corrected chi connectivity index (χ1v) is 11.8. The molecule has 0 fully saturated rings. The van der Waals surface area contributed by atoms with Crippen molar-refractivity contribution in [2.45, 2.75) is 26.6 Å². The fourth-order valence-corrected chi connectivity index (χ4v) is 3.07. The van der Waals surface area contributed by atoms with E-state index in [2.05, 4.69) is 41.1 Å². The number of hydrogen-bond acceptors (Lipinski definition) is 4. The quantitative estimate of drug-likeness (QED) is 0.410. The zero-order valence-electron chi connectivity index (χ0n) is 15.1. The largest absolute Gasteiger partial charge is 0.513 e. The maximum Gasteiger partial charge on any atom is 0.513 e. The van der Waals surface area contributed by atoms with Crippen molar-refractivity contribution in [2.75, 3.05) is 6.61 Å². The first-order chi connectivity index (χ1) is 12.3. The molecule has 0 amide bonds. The molecule has 0 aliphatic heterocycles. The Balaban J connectivity index is 2.20. The Morgan fingerprint density at radius 3 is 2.73 bits per heavy atom. The highest BCUT2D eigenvalue weighted by Crippen LogP contribution is 2.30. The number of benzene rings is 1. The molecule has 0 radical (unpaired) electrons. The monoisotopic (exact) mass is 368 g/mol. The van der Waals surface area contributed by atoms with Crippen LogP contribution in [0.25, 0.3) is 21.8 Å². The van der Waals surface area contributed by atoms with Crippen LogP contribution in [0.3, 0.4) is 0 Å². The van der Waals surface area contributed by atoms with Crippen molar-refractivity contribution in [1.82, 2.24) is 9.97 Å². The molecule has 2 aromatic heterocycles. The normalized spacial score (nSPS) is 11.2. The molecule has 3 aromatic rings. The third-order valence-electron chi connectivity index (χ3n) is 3.65. The number of hydrogen-bond donors (Lipinski definition) is 2. The number of carbonyl (C=O) groups is 1. The summed E-state index contributed by atoms with van der Waals surface area (Å²) in [6, 6.07) is 5.58. The van der Waals surface area contributed by atoms with Crippen molar-refractivity contribution >= 4 is 36.0 Å². The molecule has 1 aromatic carbocycles. The van der Waals surface area contributed by atoms with Gasteiger partial charge in [0.1, 0.15) is 13.6 Å². The van der Waals surface area contributed by atoms with E-state index in [1.165, 1.54) is 6.20 Å². The van der Waals surface area contributed by atoms with Crippen LogP contribution in [0.5, 0.6) is 5.75 Å². The topological polar surface area (TPSA) is 84.2 Å². The highest BCUT2D eigenvalue weighted by atomic mass is 28.3. The molecule has 0 aliphatic carbocycles. The van der Waals surface area contributed by atoms with Crippen LogP contribution in [-0.4, -0.2) is 30.8 Å². The van der Waals surface area contributed by atoms with Gasteiger partial charge < -0.3 is 19.4 Å². The SMILES string of the molecule is CCOC(=O)Oc1c[nH]c2c(=O)[nH]c3ccc(C#C[Si](C)(C)C)cc3c12. The minimum Gasteiger partial charge on any atom is -0.434 e. The van der Waals surface area contributed by atoms with Gasteiger partial charge in [0, 0.05) is 22.7 Å². The van der Waals surface area contributed by atoms with Gasteiger partial charge >= 0.3 is 6.16 Å². The molecule has 0 atom stereocenters. The van der Waals surface area contributed by atoms with E-state index in [4.69, 9.17) is 9.47 Å². The summed E-state index contributed by atoms with van der Waals surface area (Å²) in [5, 5.41) is 1.29. The molecular formula is C19H20N2O4Si. The summed E-state index contributed by atoms with van der Waals surface area (Å²) >= 11 is 0. The molecule has 0 saturated heterocycles. The lowest BCUT2D eigenvalue weighted by molar-refractivity contribution is 0.105. The number of carbonyl (C=O) groups excluding carboxylic acids is 1. The lowest BCUT2D eigenvalue weighted by Gasteiger charge is -2.06. The summed E-state index contributed by atoms with van der Waals surface area (Å²) in [7, 11) is -1.51. The molecule has 3 rings (SSSR count). The number of aromatic amines is 2. The average molecular weight is 368 g/mol. The lowest BCUT2D eigenvalue weighted by Crippen LogP contribution is -2.16. The van der Waals surface area contributed by atoms with Crippen LogP contribution in [0.15, 0.2) is 29.2 Å². The third kappa shape index (κ3) is 3.65. The van der Waals surface area contributed by atoms with Crippen molar-refractivity contribution in [1.29, 1.82) is 0 Å². The molecular weight excluding hydrogens is 348 g/mol. The van der Waals surface area contributed by atoms with E-state index in [9.17, 15) is 9.59 Å². The van der Waals surface area contributed by atoms with E-state index in [-0.39, 0.29) is 17.9 Å². The van der Waals surface area contributed by atoms with E-state index < -0.39 is 14.2 Å². The van der Waals surface area contributed by atoms with Crippen LogP contribution in [-0.2, 0) is 4.74 Å². The number of aromatic nitrogens is 2. The van der Waals surface area contributed by atoms with Gasteiger partial charge in [-0.15, -0.1) is 5.54 Å². The summed E-state index contributed by atoms with van der Waals surface area (Å²) in [6.45, 7) is 8.43. The highest BCUT2D eigenvalue weighted by Gasteiger charge is 2.16. The summed E-state index contributed by atoms with van der Waals surface area (Å²) in [5.74, 6) is 3.46. The van der Waals surface area contributed by atoms with E-state index in [1.54, 1.807) is 6.92 Å². The molecule has 2 heterocycles. The van der Waals surface area contributed by atoms with Gasteiger partial charge in [0.2, 0.25) is 0 Å². The van der Waals surface area contributed by atoms with E-state index in [0.29, 0.717) is 16.4 Å². The third-order valence-corrected chi connectivity index (χ3v) is 4.52. The van der Waals surface area contributed by atoms with Crippen molar-refractivity contribution < 1.29 is 14.3 Å². The first-order valence-electron chi connectivity index (χ1n) is 8.33. The Labute approximate surface area is 151 Å². The predicted molar refractivity (Wildman–Crippen MR) is 104 cm³/mol. The van der Waals surface area contributed by atoms with Crippen molar-refractivity contribution in [2.24, 2.45) is 0 Å². The number of ether oxygens (including phenoxy) is 2. The second kappa shape index (κ2) is 6.73. The summed E-state index contributed by atoms with van der Waals surface area (Å²) in [6.07, 6.45) is 0.674. The number of pyridine rings is 1. The Kier molecular flexibility index (Phi) is 4.61. The second-order valence-corrected chi connectivity index (χ2v) is 11.7. The zero-order chi connectivity index (χ0) is 18.9. The van der Waals surface area contributed by atoms with Crippen LogP contribution in [0.2, 0.25) is 19.6 Å². The van der Waals surface area contributed by atoms with Gasteiger partial charge in [0.05, 0.1) is 12.0 Å². The van der Waals surface area contributed by atoms with Gasteiger partial charge in [0.15, 0.2) is 5.75 Å². The minimum absolute atomic E-state index is 0.207. The predicted octanol–water partition coefficient (Wildman–Crippen LogP) is 3.77. The fourth-order valence-electron chi connectivity index (χ4n) is 2.55. The Bertz CT molecular complexity index is 1110. The van der Waals surface area contributed by atoms with Gasteiger partial charge in [-0.05, 0) is 25.1 Å². The molecule has 6 nitrogen and oxygen atoms in total. The van der Waals surface area contributed by atoms with Crippen LogP contribution in [0.1, 0.15) is 12.5 Å². The van der Waals surface area contributed by atoms with Crippen LogP contribution >= 0.6 is 0 Å². The van der Waals surface area contributed by atoms with Crippen molar-refractivity contribution in [3.05, 3.63) is 40.3 Å². The molecule has 0 saturated carbocycles. The first kappa shape index (κ1) is 17.8. The fraction of sp³-hybridized carbons (Fsp3) is 0.263. The smallest absolute Gasteiger partial charge is 0.434 e. The van der Waals surface area contributed by atoms with Crippen LogP contribution in [0, 0.1) is 11.5 Å². The Morgan fingerprint density at radius 2 is 2.04 bits per heavy atom. The van der Waals surface area contributed by atoms with E-state index in [1.807, 2.05) is 18.2 Å². The van der Waals surface area contributed by atoms with Crippen LogP contribution < -0.4 is 10.3 Å². The van der Waals surface area contributed by atoms with Crippen molar-refractivity contribution in [3.8, 4) is 17.2 Å². The summed E-state index contributed by atoms with van der Waals surface area (Å²) in [4.78, 5) is 29.7. The number of rotatable bonds is 2. The van der Waals surface area contributed by atoms with E-state index in [0.717, 1.165) is 10.9 Å². The molecule has 0 spiro atoms. The number of fused-ring (bicyclic) bond motifs is 3. The molecule has 7 heteroatoms. The maximum absolute atomic E-state index is 12.3. The molecule has 0 unspecified atom stereocenters. The number of nitrogens with one attached hydrogen (secondary N) is 2. The summed E-state index contributed by atoms with van der Waals surface area (Å²) in [5.41, 5.74) is 4.87. The Hall–Kier alpha value is -2.98. The van der Waals surface area contributed by atoms with Crippen LogP contribution in [0.4, 0.5) is 4.79 Å². The summed E-state index contributed by atoms with van der Waals surface area (Å²) < 4.78 is 10.1. The van der Waals surface area contributed by atoms with Crippen molar-refractivity contribution in [3.63, 3.8) is 0 Å².